The molecule has 0 aliphatic heterocycles. The largest absolute Gasteiger partial charge is 0.319 e. The van der Waals surface area contributed by atoms with Gasteiger partial charge in [-0.15, -0.1) is 0 Å². The highest BCUT2D eigenvalue weighted by atomic mass is 35.5. The van der Waals surface area contributed by atoms with Gasteiger partial charge in [0.25, 0.3) is 0 Å². The smallest absolute Gasteiger partial charge is 0.129 e. The normalized spacial score (nSPS) is 11.1. The van der Waals surface area contributed by atoms with E-state index in [4.69, 9.17) is 11.6 Å². The number of benzene rings is 1. The third-order valence-corrected chi connectivity index (χ3v) is 3.73. The summed E-state index contributed by atoms with van der Waals surface area (Å²) in [6, 6.07) is 4.75. The molecule has 0 aliphatic carbocycles. The molecule has 0 saturated heterocycles. The molecule has 2 aromatic rings. The highest BCUT2D eigenvalue weighted by Gasteiger charge is 2.12. The Morgan fingerprint density at radius 3 is 2.75 bits per heavy atom. The minimum Gasteiger partial charge on any atom is -0.319 e. The maximum absolute atomic E-state index is 13.8. The fraction of sp³-hybridized carbons (Fsp3) is 0.400. The molecule has 1 aromatic heterocycles. The van der Waals surface area contributed by atoms with E-state index in [-0.39, 0.29) is 5.82 Å². The molecule has 5 heteroatoms. The number of aryl methyl sites for hydroxylation is 1. The van der Waals surface area contributed by atoms with Gasteiger partial charge in [-0.2, -0.15) is 5.10 Å². The first-order chi connectivity index (χ1) is 9.52. The molecule has 108 valence electrons. The van der Waals surface area contributed by atoms with Crippen molar-refractivity contribution >= 4 is 11.6 Å². The van der Waals surface area contributed by atoms with Gasteiger partial charge in [0.15, 0.2) is 0 Å². The van der Waals surface area contributed by atoms with Gasteiger partial charge >= 0.3 is 0 Å². The van der Waals surface area contributed by atoms with Crippen LogP contribution < -0.4 is 5.32 Å². The predicted octanol–water partition coefficient (Wildman–Crippen LogP) is 3.10. The summed E-state index contributed by atoms with van der Waals surface area (Å²) in [5, 5.41) is 8.06. The molecule has 1 aromatic carbocycles. The number of hydrogen-bond donors (Lipinski definition) is 1. The summed E-state index contributed by atoms with van der Waals surface area (Å²) in [6.07, 6.45) is 0.928. The number of likely N-dealkylation sites (N-methyl/N-ethyl adjacent to an activating group) is 1. The average Bonchev–Trinajstić information content (AvgIpc) is 2.66. The van der Waals surface area contributed by atoms with Gasteiger partial charge in [0.2, 0.25) is 0 Å². The molecular weight excluding hydrogens is 277 g/mol. The molecule has 0 aliphatic rings. The summed E-state index contributed by atoms with van der Waals surface area (Å²) >= 11 is 5.77. The monoisotopic (exact) mass is 295 g/mol. The van der Waals surface area contributed by atoms with Crippen LogP contribution in [0.25, 0.3) is 0 Å². The molecule has 0 atom stereocenters. The Morgan fingerprint density at radius 1 is 1.35 bits per heavy atom. The molecule has 3 nitrogen and oxygen atoms in total. The van der Waals surface area contributed by atoms with Crippen molar-refractivity contribution in [3.05, 3.63) is 51.6 Å². The molecule has 1 N–H and O–H groups in total. The predicted molar refractivity (Wildman–Crippen MR) is 79.8 cm³/mol. The van der Waals surface area contributed by atoms with Gasteiger partial charge in [0, 0.05) is 16.3 Å². The summed E-state index contributed by atoms with van der Waals surface area (Å²) in [7, 11) is 1.93. The van der Waals surface area contributed by atoms with Gasteiger partial charge in [0.05, 0.1) is 12.2 Å². The second-order valence-corrected chi connectivity index (χ2v) is 5.33. The number of nitrogens with one attached hydrogen (secondary N) is 1. The molecule has 0 amide bonds. The highest BCUT2D eigenvalue weighted by Crippen LogP contribution is 2.18. The van der Waals surface area contributed by atoms with E-state index in [9.17, 15) is 4.39 Å². The summed E-state index contributed by atoms with van der Waals surface area (Å²) in [4.78, 5) is 0. The van der Waals surface area contributed by atoms with Gasteiger partial charge < -0.3 is 5.32 Å². The number of hydrogen-bond acceptors (Lipinski definition) is 2. The van der Waals surface area contributed by atoms with E-state index in [0.29, 0.717) is 17.1 Å². The highest BCUT2D eigenvalue weighted by molar-refractivity contribution is 6.30. The zero-order valence-electron chi connectivity index (χ0n) is 12.0. The van der Waals surface area contributed by atoms with E-state index in [1.807, 2.05) is 25.6 Å². The molecule has 0 unspecified atom stereocenters. The van der Waals surface area contributed by atoms with Crippen LogP contribution in [-0.4, -0.2) is 23.4 Å². The Morgan fingerprint density at radius 2 is 2.10 bits per heavy atom. The van der Waals surface area contributed by atoms with E-state index in [0.717, 1.165) is 24.4 Å². The van der Waals surface area contributed by atoms with Crippen LogP contribution in [0.4, 0.5) is 4.39 Å². The first-order valence-corrected chi connectivity index (χ1v) is 7.02. The molecule has 0 saturated carbocycles. The summed E-state index contributed by atoms with van der Waals surface area (Å²) in [5.74, 6) is -0.290. The third kappa shape index (κ3) is 3.19. The standard InChI is InChI=1S/C15H19ClFN3/c1-10-14(6-7-18-3)11(2)20(19-10)9-12-4-5-13(16)8-15(12)17/h4-5,8,18H,6-7,9H2,1-3H3. The minimum atomic E-state index is -0.290. The molecule has 0 radical (unpaired) electrons. The first-order valence-electron chi connectivity index (χ1n) is 6.64. The lowest BCUT2D eigenvalue weighted by Crippen LogP contribution is -2.11. The van der Waals surface area contributed by atoms with Crippen LogP contribution >= 0.6 is 11.6 Å². The Bertz CT molecular complexity index is 607. The Kier molecular flexibility index (Phi) is 4.78. The van der Waals surface area contributed by atoms with Crippen molar-refractivity contribution in [1.82, 2.24) is 15.1 Å². The Hall–Kier alpha value is -1.39. The lowest BCUT2D eigenvalue weighted by molar-refractivity contribution is 0.578. The van der Waals surface area contributed by atoms with Crippen molar-refractivity contribution in [1.29, 1.82) is 0 Å². The van der Waals surface area contributed by atoms with Crippen LogP contribution in [0.3, 0.4) is 0 Å². The molecule has 1 heterocycles. The van der Waals surface area contributed by atoms with Gasteiger partial charge in [-0.1, -0.05) is 17.7 Å². The van der Waals surface area contributed by atoms with E-state index in [1.54, 1.807) is 12.1 Å². The van der Waals surface area contributed by atoms with Crippen molar-refractivity contribution in [2.45, 2.75) is 26.8 Å². The van der Waals surface area contributed by atoms with Crippen LogP contribution in [0.15, 0.2) is 18.2 Å². The number of nitrogens with zero attached hydrogens (tertiary/aromatic N) is 2. The Labute approximate surface area is 123 Å². The van der Waals surface area contributed by atoms with Gasteiger partial charge in [-0.3, -0.25) is 4.68 Å². The quantitative estimate of drug-likeness (QED) is 0.918. The van der Waals surface area contributed by atoms with Crippen LogP contribution in [0.5, 0.6) is 0 Å². The topological polar surface area (TPSA) is 29.9 Å². The van der Waals surface area contributed by atoms with Crippen molar-refractivity contribution in [3.63, 3.8) is 0 Å². The van der Waals surface area contributed by atoms with Crippen molar-refractivity contribution in [2.75, 3.05) is 13.6 Å². The first kappa shape index (κ1) is 15.0. The van der Waals surface area contributed by atoms with E-state index >= 15 is 0 Å². The molecular formula is C15H19ClFN3. The van der Waals surface area contributed by atoms with Crippen molar-refractivity contribution in [3.8, 4) is 0 Å². The summed E-state index contributed by atoms with van der Waals surface area (Å²) < 4.78 is 15.7. The van der Waals surface area contributed by atoms with E-state index < -0.39 is 0 Å². The Balaban J connectivity index is 2.25. The lowest BCUT2D eigenvalue weighted by atomic mass is 10.1. The zero-order valence-corrected chi connectivity index (χ0v) is 12.8. The number of aromatic nitrogens is 2. The van der Waals surface area contributed by atoms with Crippen molar-refractivity contribution < 1.29 is 4.39 Å². The average molecular weight is 296 g/mol. The van der Waals surface area contributed by atoms with Crippen LogP contribution in [0, 0.1) is 19.7 Å². The van der Waals surface area contributed by atoms with Gasteiger partial charge in [-0.25, -0.2) is 4.39 Å². The number of rotatable bonds is 5. The molecule has 0 bridgehead atoms. The molecule has 0 fully saturated rings. The maximum atomic E-state index is 13.8. The van der Waals surface area contributed by atoms with Gasteiger partial charge in [-0.05, 0) is 51.6 Å². The fourth-order valence-corrected chi connectivity index (χ4v) is 2.47. The second-order valence-electron chi connectivity index (χ2n) is 4.90. The fourth-order valence-electron chi connectivity index (χ4n) is 2.31. The minimum absolute atomic E-state index is 0.290. The lowest BCUT2D eigenvalue weighted by Gasteiger charge is -2.07. The zero-order chi connectivity index (χ0) is 14.7. The molecule has 20 heavy (non-hydrogen) atoms. The second kappa shape index (κ2) is 6.37. The summed E-state index contributed by atoms with van der Waals surface area (Å²) in [6.45, 7) is 5.35. The van der Waals surface area contributed by atoms with E-state index in [1.165, 1.54) is 11.6 Å². The van der Waals surface area contributed by atoms with Crippen LogP contribution in [-0.2, 0) is 13.0 Å². The SMILES string of the molecule is CNCCc1c(C)nn(Cc2ccc(Cl)cc2F)c1C. The maximum Gasteiger partial charge on any atom is 0.129 e. The van der Waals surface area contributed by atoms with Crippen LogP contribution in [0.1, 0.15) is 22.5 Å². The molecule has 0 spiro atoms. The van der Waals surface area contributed by atoms with Crippen molar-refractivity contribution in [2.24, 2.45) is 0 Å². The summed E-state index contributed by atoms with van der Waals surface area (Å²) in [5.41, 5.74) is 3.92. The third-order valence-electron chi connectivity index (χ3n) is 3.49. The number of halogens is 2. The molecule has 2 rings (SSSR count). The van der Waals surface area contributed by atoms with Gasteiger partial charge in [0.1, 0.15) is 5.82 Å². The van der Waals surface area contributed by atoms with Crippen LogP contribution in [0.2, 0.25) is 5.02 Å². The van der Waals surface area contributed by atoms with E-state index in [2.05, 4.69) is 10.4 Å².